The number of nitrogens with zero attached hydrogens (tertiary/aromatic N) is 19. The van der Waals surface area contributed by atoms with E-state index in [9.17, 15) is 33.7 Å². The maximum absolute atomic E-state index is 13.1. The average molecular weight is 1400 g/mol. The first-order valence-electron chi connectivity index (χ1n) is 31.4. The summed E-state index contributed by atoms with van der Waals surface area (Å²) in [6.07, 6.45) is 35.2. The lowest BCUT2D eigenvalue weighted by Crippen LogP contribution is -2.53. The summed E-state index contributed by atoms with van der Waals surface area (Å²) in [4.78, 5) is 63.8. The molecule has 4 saturated heterocycles. The van der Waals surface area contributed by atoms with Crippen LogP contribution in [0.1, 0.15) is 60.5 Å². The van der Waals surface area contributed by atoms with Crippen molar-refractivity contribution in [1.29, 1.82) is 0 Å². The summed E-state index contributed by atoms with van der Waals surface area (Å²) in [5.41, 5.74) is 9.45. The van der Waals surface area contributed by atoms with Crippen LogP contribution in [-0.4, -0.2) is 204 Å². The van der Waals surface area contributed by atoms with E-state index in [4.69, 9.17) is 27.5 Å². The zero-order valence-corrected chi connectivity index (χ0v) is 55.7. The van der Waals surface area contributed by atoms with E-state index in [2.05, 4.69) is 84.4 Å². The molecule has 2 aromatic carbocycles. The quantitative estimate of drug-likeness (QED) is 0.0750. The van der Waals surface area contributed by atoms with E-state index in [1.807, 2.05) is 65.9 Å². The van der Waals surface area contributed by atoms with Crippen molar-refractivity contribution in [1.82, 2.24) is 87.7 Å². The number of nitrogens with two attached hydrogens (primary N) is 1. The molecule has 12 aromatic rings. The summed E-state index contributed by atoms with van der Waals surface area (Å²) in [7, 11) is 0. The molecule has 10 aromatic heterocycles. The van der Waals surface area contributed by atoms with Crippen LogP contribution in [-0.2, 0) is 0 Å². The number of aromatic nitrogens is 16. The van der Waals surface area contributed by atoms with E-state index < -0.39 is 17.0 Å². The predicted molar refractivity (Wildman–Crippen MR) is 368 cm³/mol. The number of imidazole rings is 4. The molecule has 14 heterocycles. The Morgan fingerprint density at radius 3 is 1.35 bits per heavy atom. The summed E-state index contributed by atoms with van der Waals surface area (Å²) >= 11 is 5.70. The minimum Gasteiger partial charge on any atom is -0.476 e. The SMILES string of the molecule is CC1(CO)CCN(c2nccn3ccnc23)C1.CC1(CO)CCNC1.Cl.Clc1nccn2ccnc12.NC1(CO)CCN(c2nccn3ccnc23)C1.O=C(N[C@@]1(CO)CCN(c2nccn3ccnc23)C1)c1ccn(-c2ccc(F)cc2)n1.O=C(O)c1ccn(-c2ccc(F)cc2)n1. The second-order valence-corrected chi connectivity index (χ2v) is 25.3. The zero-order valence-electron chi connectivity index (χ0n) is 54.1. The van der Waals surface area contributed by atoms with Crippen molar-refractivity contribution < 1.29 is 43.9 Å². The molecule has 4 atom stereocenters. The number of fused-ring (bicyclic) bond motifs is 4. The van der Waals surface area contributed by atoms with E-state index in [-0.39, 0.29) is 72.0 Å². The van der Waals surface area contributed by atoms with Crippen LogP contribution in [0.5, 0.6) is 0 Å². The molecule has 3 unspecified atom stereocenters. The van der Waals surface area contributed by atoms with Crippen LogP contribution < -0.4 is 31.1 Å². The fraction of sp³-hybridized carbons (Fsp3) is 0.333. The van der Waals surface area contributed by atoms with Crippen LogP contribution >= 0.6 is 24.0 Å². The second-order valence-electron chi connectivity index (χ2n) is 24.9. The van der Waals surface area contributed by atoms with Crippen LogP contribution in [0.3, 0.4) is 0 Å². The smallest absolute Gasteiger partial charge is 0.356 e. The van der Waals surface area contributed by atoms with Crippen LogP contribution in [0, 0.1) is 22.5 Å². The lowest BCUT2D eigenvalue weighted by atomic mass is 9.91. The number of benzene rings is 2. The Bertz CT molecular complexity index is 4520. The van der Waals surface area contributed by atoms with Gasteiger partial charge in [-0.15, -0.1) is 12.4 Å². The van der Waals surface area contributed by atoms with E-state index in [1.54, 1.807) is 80.2 Å². The molecular weight excluding hydrogens is 1320 g/mol. The van der Waals surface area contributed by atoms with Crippen molar-refractivity contribution in [3.8, 4) is 11.4 Å². The van der Waals surface area contributed by atoms with Gasteiger partial charge in [0, 0.05) is 175 Å². The number of carbonyl (C=O) groups excluding carboxylic acids is 1. The Kier molecular flexibility index (Phi) is 22.9. The number of halogens is 4. The highest BCUT2D eigenvalue weighted by Gasteiger charge is 2.41. The maximum Gasteiger partial charge on any atom is 0.356 e. The molecule has 4 aliphatic heterocycles. The lowest BCUT2D eigenvalue weighted by molar-refractivity contribution is 0.0689. The molecule has 16 rings (SSSR count). The summed E-state index contributed by atoms with van der Waals surface area (Å²) in [6.45, 7) is 10.8. The minimum absolute atomic E-state index is 0. The highest BCUT2D eigenvalue weighted by Crippen LogP contribution is 2.34. The van der Waals surface area contributed by atoms with E-state index in [1.165, 1.54) is 58.0 Å². The molecule has 29 nitrogen and oxygen atoms in total. The molecule has 99 heavy (non-hydrogen) atoms. The molecular formula is C66H76Cl2F2N22O7. The first kappa shape index (κ1) is 71.6. The number of carboxylic acids is 1. The number of nitrogens with one attached hydrogen (secondary N) is 2. The van der Waals surface area contributed by atoms with Crippen LogP contribution in [0.25, 0.3) is 34.0 Å². The van der Waals surface area contributed by atoms with E-state index in [0.29, 0.717) is 60.7 Å². The first-order chi connectivity index (χ1) is 47.3. The number of rotatable bonds is 12. The number of hydrogen-bond donors (Lipinski definition) is 8. The van der Waals surface area contributed by atoms with Crippen molar-refractivity contribution in [2.24, 2.45) is 16.6 Å². The molecule has 0 radical (unpaired) electrons. The number of carboxylic acid groups (broad SMARTS) is 1. The van der Waals surface area contributed by atoms with Crippen LogP contribution in [0.4, 0.5) is 26.2 Å². The van der Waals surface area contributed by atoms with Crippen molar-refractivity contribution >= 4 is 75.9 Å². The van der Waals surface area contributed by atoms with Crippen molar-refractivity contribution in [3.05, 3.63) is 200 Å². The third kappa shape index (κ3) is 17.1. The third-order valence-electron chi connectivity index (χ3n) is 17.4. The predicted octanol–water partition coefficient (Wildman–Crippen LogP) is 5.48. The number of carbonyl (C=O) groups is 2. The maximum atomic E-state index is 13.1. The monoisotopic (exact) mass is 1400 g/mol. The van der Waals surface area contributed by atoms with Gasteiger partial charge in [0.05, 0.1) is 42.3 Å². The Labute approximate surface area is 577 Å². The van der Waals surface area contributed by atoms with Gasteiger partial charge in [-0.1, -0.05) is 25.4 Å². The van der Waals surface area contributed by atoms with E-state index in [0.717, 1.165) is 80.6 Å². The van der Waals surface area contributed by atoms with Crippen molar-refractivity contribution in [2.75, 3.05) is 93.5 Å². The fourth-order valence-electron chi connectivity index (χ4n) is 11.5. The molecule has 33 heteroatoms. The second kappa shape index (κ2) is 31.6. The molecule has 4 fully saturated rings. The molecule has 1 amide bonds. The molecule has 9 N–H and O–H groups in total. The molecule has 4 aliphatic rings. The van der Waals surface area contributed by atoms with Gasteiger partial charge in [-0.05, 0) is 92.9 Å². The topological polar surface area (TPSA) is 351 Å². The van der Waals surface area contributed by atoms with Crippen LogP contribution in [0.2, 0.25) is 5.15 Å². The molecule has 0 aliphatic carbocycles. The molecule has 0 spiro atoms. The Morgan fingerprint density at radius 1 is 0.515 bits per heavy atom. The van der Waals surface area contributed by atoms with Gasteiger partial charge in [0.2, 0.25) is 0 Å². The summed E-state index contributed by atoms with van der Waals surface area (Å²) < 4.78 is 36.2. The third-order valence-corrected chi connectivity index (χ3v) is 17.6. The number of anilines is 3. The van der Waals surface area contributed by atoms with Gasteiger partial charge in [0.15, 0.2) is 56.6 Å². The number of amides is 1. The van der Waals surface area contributed by atoms with Crippen LogP contribution in [0.15, 0.2) is 172 Å². The number of aliphatic hydroxyl groups excluding tert-OH is 4. The Morgan fingerprint density at radius 2 is 0.939 bits per heavy atom. The molecule has 0 bridgehead atoms. The number of aromatic carboxylic acids is 1. The van der Waals surface area contributed by atoms with Gasteiger partial charge in [-0.2, -0.15) is 10.2 Å². The fourth-order valence-corrected chi connectivity index (χ4v) is 11.7. The number of hydrogen-bond acceptors (Lipinski definition) is 21. The summed E-state index contributed by atoms with van der Waals surface area (Å²) in [5.74, 6) is 0.291. The Balaban J connectivity index is 0.000000136. The Hall–Kier alpha value is -10.1. The first-order valence-corrected chi connectivity index (χ1v) is 31.8. The van der Waals surface area contributed by atoms with Gasteiger partial charge in [0.25, 0.3) is 5.91 Å². The molecule has 0 saturated carbocycles. The van der Waals surface area contributed by atoms with Crippen molar-refractivity contribution in [3.63, 3.8) is 0 Å². The van der Waals surface area contributed by atoms with Gasteiger partial charge >= 0.3 is 5.97 Å². The molecule has 520 valence electrons. The van der Waals surface area contributed by atoms with Gasteiger partial charge in [0.1, 0.15) is 11.6 Å². The normalized spacial score (nSPS) is 20.0. The highest BCUT2D eigenvalue weighted by atomic mass is 35.5. The lowest BCUT2D eigenvalue weighted by Gasteiger charge is -2.28. The average Bonchev–Trinajstić information content (AvgIpc) is 1.67. The summed E-state index contributed by atoms with van der Waals surface area (Å²) in [5, 5.41) is 60.9. The minimum atomic E-state index is -1.09. The zero-order chi connectivity index (χ0) is 69.0. The summed E-state index contributed by atoms with van der Waals surface area (Å²) in [6, 6.07) is 14.4. The van der Waals surface area contributed by atoms with E-state index >= 15 is 0 Å². The van der Waals surface area contributed by atoms with Crippen molar-refractivity contribution in [2.45, 2.75) is 50.6 Å². The highest BCUT2D eigenvalue weighted by molar-refractivity contribution is 6.32. The van der Waals surface area contributed by atoms with Gasteiger partial charge in [-0.25, -0.2) is 62.8 Å². The van der Waals surface area contributed by atoms with Gasteiger partial charge in [-0.3, -0.25) is 4.79 Å². The standard InChI is InChI=1S/C21H20FN7O2.C12H16N4O.C11H15N5O.C10H7FN2O2.C6H4ClN3.C6H13NO.ClH/c22-15-1-3-16(4-2-15)29-9-5-17(26-29)20(31)25-21(14-30)6-10-28(13-21)19-18-23-7-11-27(18)12-8-24-19;1-12(9-17)2-5-16(8-12)11-10-13-3-6-15(10)7-4-14-11;12-11(8-17)1-4-16(7-11)10-9-13-2-5-15(9)6-3-14-10;11-7-1-3-8(4-2-7)13-6-5-9(12-13)10(14)15;7-5-6-9-2-4-10(6)3-1-8-5;1-6(5-8)2-3-7-4-6;/h1-5,7-9,11-12,30H,6,10,13-14H2,(H,25,31);3-4,6-7,17H,2,5,8-9H2,1H3;2-3,5-6,17H,1,4,7-8,12H2;1-6H,(H,14,15);1-4H;7-8H,2-5H2,1H3;1H/t21-;;;;;;/m0....../s1. The number of aliphatic hydroxyl groups is 4. The van der Waals surface area contributed by atoms with Gasteiger partial charge < -0.3 is 74.2 Å². The largest absolute Gasteiger partial charge is 0.476 e.